The SMILES string of the molecule is CCCCCCCCCC[C@@H](O)[C@H]1CC[C@H]([C@H]2CC[C@H]([C@H](O)CCCC[C@@H](O)CCCCCCCC3=C[C@@H](C)OC3=O)O2)O1. The van der Waals surface area contributed by atoms with Gasteiger partial charge in [-0.3, -0.25) is 0 Å². The molecule has 3 aliphatic rings. The third-order valence-corrected chi connectivity index (χ3v) is 10.1. The van der Waals surface area contributed by atoms with Crippen LogP contribution in [0.15, 0.2) is 11.6 Å². The van der Waals surface area contributed by atoms with Gasteiger partial charge in [-0.2, -0.15) is 0 Å². The van der Waals surface area contributed by atoms with Crippen molar-refractivity contribution in [3.8, 4) is 0 Å². The van der Waals surface area contributed by atoms with E-state index < -0.39 is 6.10 Å². The Morgan fingerprint density at radius 2 is 1.11 bits per heavy atom. The highest BCUT2D eigenvalue weighted by molar-refractivity contribution is 5.90. The van der Waals surface area contributed by atoms with E-state index in [0.717, 1.165) is 108 Å². The van der Waals surface area contributed by atoms with Crippen LogP contribution in [-0.4, -0.2) is 70.1 Å². The summed E-state index contributed by atoms with van der Waals surface area (Å²) in [5.41, 5.74) is 0.828. The van der Waals surface area contributed by atoms with Gasteiger partial charge in [0.15, 0.2) is 0 Å². The van der Waals surface area contributed by atoms with Gasteiger partial charge in [-0.15, -0.1) is 0 Å². The number of aliphatic hydroxyl groups excluding tert-OH is 3. The minimum Gasteiger partial charge on any atom is -0.455 e. The van der Waals surface area contributed by atoms with E-state index in [2.05, 4.69) is 6.92 Å². The molecule has 8 atom stereocenters. The van der Waals surface area contributed by atoms with Crippen molar-refractivity contribution in [3.05, 3.63) is 11.6 Å². The summed E-state index contributed by atoms with van der Waals surface area (Å²) in [5.74, 6) is -0.152. The number of esters is 1. The number of cyclic esters (lactones) is 1. The molecule has 3 N–H and O–H groups in total. The summed E-state index contributed by atoms with van der Waals surface area (Å²) in [7, 11) is 0. The Morgan fingerprint density at radius 1 is 0.659 bits per heavy atom. The first kappa shape index (κ1) is 37.5. The molecule has 0 bridgehead atoms. The zero-order chi connectivity index (χ0) is 31.6. The van der Waals surface area contributed by atoms with Crippen LogP contribution in [0.1, 0.15) is 168 Å². The number of hydrogen-bond acceptors (Lipinski definition) is 7. The van der Waals surface area contributed by atoms with Crippen LogP contribution in [0.4, 0.5) is 0 Å². The zero-order valence-corrected chi connectivity index (χ0v) is 28.1. The molecule has 256 valence electrons. The second-order valence-electron chi connectivity index (χ2n) is 14.0. The van der Waals surface area contributed by atoms with Gasteiger partial charge in [0.1, 0.15) is 6.10 Å². The molecule has 2 fully saturated rings. The lowest BCUT2D eigenvalue weighted by molar-refractivity contribution is -0.139. The number of carbonyl (C=O) groups excluding carboxylic acids is 1. The van der Waals surface area contributed by atoms with E-state index in [4.69, 9.17) is 14.2 Å². The lowest BCUT2D eigenvalue weighted by atomic mass is 9.99. The Labute approximate surface area is 268 Å². The third kappa shape index (κ3) is 14.2. The minimum atomic E-state index is -0.466. The molecule has 0 saturated carbocycles. The maximum absolute atomic E-state index is 11.6. The molecule has 3 rings (SSSR count). The summed E-state index contributed by atoms with van der Waals surface area (Å²) in [6.45, 7) is 4.14. The Morgan fingerprint density at radius 3 is 1.64 bits per heavy atom. The molecule has 3 aliphatic heterocycles. The summed E-state index contributed by atoms with van der Waals surface area (Å²) in [4.78, 5) is 11.6. The quantitative estimate of drug-likeness (QED) is 0.0703. The predicted molar refractivity (Wildman–Crippen MR) is 175 cm³/mol. The summed E-state index contributed by atoms with van der Waals surface area (Å²) >= 11 is 0. The number of hydrogen-bond donors (Lipinski definition) is 3. The van der Waals surface area contributed by atoms with Crippen molar-refractivity contribution in [2.24, 2.45) is 0 Å². The van der Waals surface area contributed by atoms with Crippen molar-refractivity contribution in [2.75, 3.05) is 0 Å². The molecule has 0 unspecified atom stereocenters. The minimum absolute atomic E-state index is 0.0248. The zero-order valence-electron chi connectivity index (χ0n) is 28.1. The normalized spacial score (nSPS) is 27.4. The first-order valence-electron chi connectivity index (χ1n) is 18.6. The third-order valence-electron chi connectivity index (χ3n) is 10.1. The fourth-order valence-corrected chi connectivity index (χ4v) is 7.27. The van der Waals surface area contributed by atoms with Crippen molar-refractivity contribution in [1.29, 1.82) is 0 Å². The van der Waals surface area contributed by atoms with E-state index in [0.29, 0.717) is 6.42 Å². The van der Waals surface area contributed by atoms with Crippen LogP contribution < -0.4 is 0 Å². The molecule has 44 heavy (non-hydrogen) atoms. The van der Waals surface area contributed by atoms with Crippen LogP contribution in [0.25, 0.3) is 0 Å². The summed E-state index contributed by atoms with van der Waals surface area (Å²) < 4.78 is 17.7. The van der Waals surface area contributed by atoms with Crippen LogP contribution in [0.2, 0.25) is 0 Å². The van der Waals surface area contributed by atoms with Gasteiger partial charge in [-0.05, 0) is 77.2 Å². The van der Waals surface area contributed by atoms with Crippen molar-refractivity contribution >= 4 is 5.97 Å². The van der Waals surface area contributed by atoms with Gasteiger partial charge >= 0.3 is 5.97 Å². The average Bonchev–Trinajstić information content (AvgIpc) is 3.76. The van der Waals surface area contributed by atoms with Crippen LogP contribution in [-0.2, 0) is 19.0 Å². The summed E-state index contributed by atoms with van der Waals surface area (Å²) in [6.07, 6.45) is 25.6. The van der Waals surface area contributed by atoms with Gasteiger partial charge in [0.2, 0.25) is 0 Å². The first-order valence-corrected chi connectivity index (χ1v) is 18.6. The maximum atomic E-state index is 11.6. The molecule has 0 spiro atoms. The van der Waals surface area contributed by atoms with Gasteiger partial charge in [-0.1, -0.05) is 96.8 Å². The lowest BCUT2D eigenvalue weighted by Crippen LogP contribution is -2.33. The maximum Gasteiger partial charge on any atom is 0.334 e. The highest BCUT2D eigenvalue weighted by atomic mass is 16.6. The van der Waals surface area contributed by atoms with Crippen LogP contribution in [0.5, 0.6) is 0 Å². The Bertz CT molecular complexity index is 801. The number of unbranched alkanes of at least 4 members (excludes halogenated alkanes) is 12. The van der Waals surface area contributed by atoms with Crippen molar-refractivity contribution in [1.82, 2.24) is 0 Å². The number of carbonyl (C=O) groups is 1. The van der Waals surface area contributed by atoms with E-state index >= 15 is 0 Å². The van der Waals surface area contributed by atoms with Crippen LogP contribution >= 0.6 is 0 Å². The van der Waals surface area contributed by atoms with Gasteiger partial charge in [-0.25, -0.2) is 4.79 Å². The molecule has 0 radical (unpaired) electrons. The Balaban J connectivity index is 1.14. The summed E-state index contributed by atoms with van der Waals surface area (Å²) in [5, 5.41) is 31.8. The molecule has 0 aromatic heterocycles. The topological polar surface area (TPSA) is 105 Å². The average molecular weight is 623 g/mol. The summed E-state index contributed by atoms with van der Waals surface area (Å²) in [6, 6.07) is 0. The molecule has 7 heteroatoms. The number of ether oxygens (including phenoxy) is 3. The molecular formula is C37H66O7. The fourth-order valence-electron chi connectivity index (χ4n) is 7.27. The van der Waals surface area contributed by atoms with Gasteiger partial charge < -0.3 is 29.5 Å². The monoisotopic (exact) mass is 622 g/mol. The molecule has 2 saturated heterocycles. The van der Waals surface area contributed by atoms with Crippen LogP contribution in [0.3, 0.4) is 0 Å². The smallest absolute Gasteiger partial charge is 0.334 e. The van der Waals surface area contributed by atoms with E-state index in [-0.39, 0.29) is 48.7 Å². The largest absolute Gasteiger partial charge is 0.455 e. The second-order valence-corrected chi connectivity index (χ2v) is 14.0. The lowest BCUT2D eigenvalue weighted by Gasteiger charge is -2.24. The van der Waals surface area contributed by atoms with E-state index in [1.165, 1.54) is 44.9 Å². The fraction of sp³-hybridized carbons (Fsp3) is 0.919. The molecule has 0 aromatic rings. The molecule has 0 aliphatic carbocycles. The highest BCUT2D eigenvalue weighted by Gasteiger charge is 2.40. The highest BCUT2D eigenvalue weighted by Crippen LogP contribution is 2.34. The van der Waals surface area contributed by atoms with Crippen LogP contribution in [0, 0.1) is 0 Å². The van der Waals surface area contributed by atoms with E-state index in [1.54, 1.807) is 0 Å². The second kappa shape index (κ2) is 21.7. The Hall–Kier alpha value is -0.990. The van der Waals surface area contributed by atoms with Crippen molar-refractivity contribution < 1.29 is 34.3 Å². The van der Waals surface area contributed by atoms with Gasteiger partial charge in [0, 0.05) is 5.57 Å². The standard InChI is InChI=1S/C37H66O7/c1-3-4-5-6-7-8-12-15-21-31(39)33-23-25-35(43-33)36-26-24-34(44-36)32(40)22-17-16-20-30(38)19-14-11-9-10-13-18-29-27-28(2)42-37(29)41/h27-28,30-36,38-40H,3-26H2,1-2H3/t28-,30+,31-,32-,33-,34-,35-,36-/m1/s1. The molecular weight excluding hydrogens is 556 g/mol. The molecule has 3 heterocycles. The number of rotatable bonds is 25. The van der Waals surface area contributed by atoms with E-state index in [1.807, 2.05) is 13.0 Å². The van der Waals surface area contributed by atoms with E-state index in [9.17, 15) is 20.1 Å². The van der Waals surface area contributed by atoms with Crippen molar-refractivity contribution in [2.45, 2.75) is 217 Å². The molecule has 7 nitrogen and oxygen atoms in total. The first-order chi connectivity index (χ1) is 21.4. The van der Waals surface area contributed by atoms with Crippen molar-refractivity contribution in [3.63, 3.8) is 0 Å². The predicted octanol–water partition coefficient (Wildman–Crippen LogP) is 7.86. The van der Waals surface area contributed by atoms with Gasteiger partial charge in [0.05, 0.1) is 42.7 Å². The van der Waals surface area contributed by atoms with Gasteiger partial charge in [0.25, 0.3) is 0 Å². The molecule has 0 amide bonds. The Kier molecular flexibility index (Phi) is 18.5. The molecule has 0 aromatic carbocycles. The number of aliphatic hydroxyl groups is 3.